The molecule has 2 heterocycles. The van der Waals surface area contributed by atoms with E-state index in [0.717, 1.165) is 17.3 Å². The molecule has 2 nitrogen and oxygen atoms in total. The zero-order valence-electron chi connectivity index (χ0n) is 9.89. The molecule has 1 aliphatic heterocycles. The van der Waals surface area contributed by atoms with Gasteiger partial charge in [0.15, 0.2) is 0 Å². The molecule has 1 aliphatic rings. The van der Waals surface area contributed by atoms with Gasteiger partial charge in [0.05, 0.1) is 0 Å². The Balaban J connectivity index is 2.20. The SMILES string of the molecule is Cc1cc(C2CSCC(C)(C)N2)c(C)o1. The second kappa shape index (κ2) is 3.87. The summed E-state index contributed by atoms with van der Waals surface area (Å²) in [6.45, 7) is 8.58. The van der Waals surface area contributed by atoms with Gasteiger partial charge >= 0.3 is 0 Å². The van der Waals surface area contributed by atoms with Crippen molar-refractivity contribution < 1.29 is 4.42 Å². The van der Waals surface area contributed by atoms with Crippen LogP contribution in [0.25, 0.3) is 0 Å². The summed E-state index contributed by atoms with van der Waals surface area (Å²) in [5.74, 6) is 4.39. The van der Waals surface area contributed by atoms with E-state index in [-0.39, 0.29) is 5.54 Å². The highest BCUT2D eigenvalue weighted by Gasteiger charge is 2.29. The van der Waals surface area contributed by atoms with Gasteiger partial charge in [0.25, 0.3) is 0 Å². The first-order chi connectivity index (χ1) is 6.98. The maximum absolute atomic E-state index is 5.59. The van der Waals surface area contributed by atoms with Crippen LogP contribution in [-0.4, -0.2) is 17.0 Å². The average Bonchev–Trinajstić information content (AvgIpc) is 2.43. The minimum absolute atomic E-state index is 0.227. The van der Waals surface area contributed by atoms with Gasteiger partial charge in [0.1, 0.15) is 11.5 Å². The number of hydrogen-bond acceptors (Lipinski definition) is 3. The Labute approximate surface area is 95.8 Å². The van der Waals surface area contributed by atoms with Crippen molar-refractivity contribution >= 4 is 11.8 Å². The number of aryl methyl sites for hydroxylation is 2. The zero-order chi connectivity index (χ0) is 11.1. The van der Waals surface area contributed by atoms with E-state index in [4.69, 9.17) is 4.42 Å². The molecule has 1 fully saturated rings. The minimum Gasteiger partial charge on any atom is -0.466 e. The first-order valence-electron chi connectivity index (χ1n) is 5.40. The fourth-order valence-corrected chi connectivity index (χ4v) is 3.36. The van der Waals surface area contributed by atoms with Crippen LogP contribution in [0.4, 0.5) is 0 Å². The van der Waals surface area contributed by atoms with Crippen molar-refractivity contribution in [3.63, 3.8) is 0 Å². The molecule has 0 bridgehead atoms. The Kier molecular flexibility index (Phi) is 2.86. The lowest BCUT2D eigenvalue weighted by Crippen LogP contribution is -2.48. The van der Waals surface area contributed by atoms with Gasteiger partial charge in [-0.25, -0.2) is 0 Å². The van der Waals surface area contributed by atoms with Gasteiger partial charge < -0.3 is 9.73 Å². The highest BCUT2D eigenvalue weighted by Crippen LogP contribution is 2.31. The summed E-state index contributed by atoms with van der Waals surface area (Å²) in [5.41, 5.74) is 1.55. The third kappa shape index (κ3) is 2.40. The van der Waals surface area contributed by atoms with E-state index in [1.165, 1.54) is 11.3 Å². The minimum atomic E-state index is 0.227. The Morgan fingerprint density at radius 1 is 1.47 bits per heavy atom. The normalized spacial score (nSPS) is 25.5. The smallest absolute Gasteiger partial charge is 0.105 e. The van der Waals surface area contributed by atoms with E-state index >= 15 is 0 Å². The number of rotatable bonds is 1. The first-order valence-corrected chi connectivity index (χ1v) is 6.56. The second-order valence-corrected chi connectivity index (χ2v) is 5.99. The van der Waals surface area contributed by atoms with E-state index in [0.29, 0.717) is 6.04 Å². The lowest BCUT2D eigenvalue weighted by atomic mass is 10.0. The predicted octanol–water partition coefficient (Wildman–Crippen LogP) is 3.05. The summed E-state index contributed by atoms with van der Waals surface area (Å²) in [5, 5.41) is 3.68. The van der Waals surface area contributed by atoms with Crippen molar-refractivity contribution in [2.75, 3.05) is 11.5 Å². The molecule has 1 aromatic heterocycles. The molecule has 1 atom stereocenters. The monoisotopic (exact) mass is 225 g/mol. The van der Waals surface area contributed by atoms with Crippen molar-refractivity contribution in [3.8, 4) is 0 Å². The predicted molar refractivity (Wildman–Crippen MR) is 65.5 cm³/mol. The molecule has 1 N–H and O–H groups in total. The molecule has 3 heteroatoms. The van der Waals surface area contributed by atoms with Crippen molar-refractivity contribution in [2.24, 2.45) is 0 Å². The van der Waals surface area contributed by atoms with Gasteiger partial charge in [-0.05, 0) is 33.8 Å². The largest absolute Gasteiger partial charge is 0.466 e. The summed E-state index contributed by atoms with van der Waals surface area (Å²) in [6, 6.07) is 2.60. The lowest BCUT2D eigenvalue weighted by molar-refractivity contribution is 0.372. The molecule has 84 valence electrons. The van der Waals surface area contributed by atoms with Crippen molar-refractivity contribution in [3.05, 3.63) is 23.2 Å². The third-order valence-corrected chi connectivity index (χ3v) is 4.26. The van der Waals surface area contributed by atoms with Gasteiger partial charge in [-0.1, -0.05) is 0 Å². The van der Waals surface area contributed by atoms with E-state index in [2.05, 4.69) is 32.2 Å². The van der Waals surface area contributed by atoms with Crippen LogP contribution >= 0.6 is 11.8 Å². The highest BCUT2D eigenvalue weighted by atomic mass is 32.2. The van der Waals surface area contributed by atoms with Crippen LogP contribution in [0.3, 0.4) is 0 Å². The first kappa shape index (κ1) is 11.1. The van der Waals surface area contributed by atoms with Crippen LogP contribution in [0.5, 0.6) is 0 Å². The molecule has 1 unspecified atom stereocenters. The summed E-state index contributed by atoms with van der Waals surface area (Å²) in [6.07, 6.45) is 0. The van der Waals surface area contributed by atoms with Crippen molar-refractivity contribution in [1.29, 1.82) is 0 Å². The van der Waals surface area contributed by atoms with Gasteiger partial charge in [0.2, 0.25) is 0 Å². The van der Waals surface area contributed by atoms with Crippen LogP contribution < -0.4 is 5.32 Å². The standard InChI is InChI=1S/C12H19NOS/c1-8-5-10(9(2)14-8)11-6-15-7-12(3,4)13-11/h5,11,13H,6-7H2,1-4H3. The summed E-state index contributed by atoms with van der Waals surface area (Å²) in [7, 11) is 0. The van der Waals surface area contributed by atoms with Gasteiger partial charge in [-0.15, -0.1) is 0 Å². The molecular formula is C12H19NOS. The summed E-state index contributed by atoms with van der Waals surface area (Å²) in [4.78, 5) is 0. The molecule has 0 aliphatic carbocycles. The number of furan rings is 1. The van der Waals surface area contributed by atoms with Crippen LogP contribution in [0.1, 0.15) is 37.0 Å². The number of nitrogens with one attached hydrogen (secondary N) is 1. The molecule has 0 spiro atoms. The van der Waals surface area contributed by atoms with Gasteiger partial charge in [-0.3, -0.25) is 0 Å². The topological polar surface area (TPSA) is 25.2 Å². The van der Waals surface area contributed by atoms with E-state index in [1.54, 1.807) is 0 Å². The second-order valence-electron chi connectivity index (χ2n) is 4.96. The van der Waals surface area contributed by atoms with E-state index in [9.17, 15) is 0 Å². The molecule has 1 aromatic rings. The van der Waals surface area contributed by atoms with Crippen LogP contribution in [0.15, 0.2) is 10.5 Å². The Bertz CT molecular complexity index is 357. The van der Waals surface area contributed by atoms with Crippen LogP contribution in [0.2, 0.25) is 0 Å². The Hall–Kier alpha value is -0.410. The van der Waals surface area contributed by atoms with Gasteiger partial charge in [-0.2, -0.15) is 11.8 Å². The highest BCUT2D eigenvalue weighted by molar-refractivity contribution is 7.99. The maximum Gasteiger partial charge on any atom is 0.105 e. The van der Waals surface area contributed by atoms with Gasteiger partial charge in [0, 0.05) is 28.6 Å². The maximum atomic E-state index is 5.59. The molecule has 0 amide bonds. The van der Waals surface area contributed by atoms with Crippen LogP contribution in [0, 0.1) is 13.8 Å². The lowest BCUT2D eigenvalue weighted by Gasteiger charge is -2.36. The zero-order valence-corrected chi connectivity index (χ0v) is 10.7. The fraction of sp³-hybridized carbons (Fsp3) is 0.667. The van der Waals surface area contributed by atoms with Crippen molar-refractivity contribution in [1.82, 2.24) is 5.32 Å². The third-order valence-electron chi connectivity index (χ3n) is 2.77. The molecule has 15 heavy (non-hydrogen) atoms. The molecule has 0 radical (unpaired) electrons. The molecule has 2 rings (SSSR count). The fourth-order valence-electron chi connectivity index (χ4n) is 2.15. The molecule has 0 saturated carbocycles. The van der Waals surface area contributed by atoms with Crippen LogP contribution in [-0.2, 0) is 0 Å². The Morgan fingerprint density at radius 2 is 2.20 bits per heavy atom. The number of thioether (sulfide) groups is 1. The molecule has 0 aromatic carbocycles. The van der Waals surface area contributed by atoms with Crippen molar-refractivity contribution in [2.45, 2.75) is 39.3 Å². The van der Waals surface area contributed by atoms with E-state index in [1.807, 2.05) is 18.7 Å². The summed E-state index contributed by atoms with van der Waals surface area (Å²) >= 11 is 2.02. The summed E-state index contributed by atoms with van der Waals surface area (Å²) < 4.78 is 5.59. The van der Waals surface area contributed by atoms with E-state index < -0.39 is 0 Å². The quantitative estimate of drug-likeness (QED) is 0.795. The molecule has 1 saturated heterocycles. The Morgan fingerprint density at radius 3 is 2.73 bits per heavy atom. The average molecular weight is 225 g/mol. The molecular weight excluding hydrogens is 206 g/mol. The number of hydrogen-bond donors (Lipinski definition) is 1.